The van der Waals surface area contributed by atoms with E-state index in [0.717, 1.165) is 4.90 Å². The first-order valence-corrected chi connectivity index (χ1v) is 8.30. The predicted octanol–water partition coefficient (Wildman–Crippen LogP) is -3.89. The molecular formula is C7H16NO6P2-3. The van der Waals surface area contributed by atoms with E-state index in [2.05, 4.69) is 0 Å². The van der Waals surface area contributed by atoms with Crippen LogP contribution < -0.4 is 24.5 Å². The van der Waals surface area contributed by atoms with Gasteiger partial charge in [0.1, 0.15) is 0 Å². The number of hydrogen-bond acceptors (Lipinski definition) is 6. The molecular weight excluding hydrogens is 256 g/mol. The number of hydrogen-bond donors (Lipinski definition) is 1. The molecule has 0 fully saturated rings. The van der Waals surface area contributed by atoms with Gasteiger partial charge in [-0.05, 0) is 20.0 Å². The number of nitrogens with one attached hydrogen (secondary N) is 1. The van der Waals surface area contributed by atoms with Crippen LogP contribution in [0.2, 0.25) is 0 Å². The van der Waals surface area contributed by atoms with Crippen molar-refractivity contribution < 1.29 is 33.6 Å². The molecule has 0 spiro atoms. The maximum atomic E-state index is 10.8. The third-order valence-corrected chi connectivity index (χ3v) is 4.84. The molecule has 1 atom stereocenters. The van der Waals surface area contributed by atoms with Crippen LogP contribution in [0.1, 0.15) is 13.8 Å². The zero-order valence-corrected chi connectivity index (χ0v) is 11.0. The Morgan fingerprint density at radius 3 is 1.75 bits per heavy atom. The van der Waals surface area contributed by atoms with Crippen molar-refractivity contribution in [2.45, 2.75) is 19.5 Å². The van der Waals surface area contributed by atoms with E-state index in [4.69, 9.17) is 0 Å². The molecule has 0 radical (unpaired) electrons. The Balaban J connectivity index is 4.70. The normalized spacial score (nSPS) is 15.4. The summed E-state index contributed by atoms with van der Waals surface area (Å²) in [5, 5.41) is 0. The second kappa shape index (κ2) is 6.26. The molecule has 0 saturated heterocycles. The van der Waals surface area contributed by atoms with Crippen LogP contribution in [0.15, 0.2) is 0 Å². The van der Waals surface area contributed by atoms with Crippen LogP contribution in [0.3, 0.4) is 0 Å². The van der Waals surface area contributed by atoms with E-state index >= 15 is 0 Å². The van der Waals surface area contributed by atoms with Crippen LogP contribution in [0.25, 0.3) is 0 Å². The van der Waals surface area contributed by atoms with E-state index in [1.165, 1.54) is 0 Å². The van der Waals surface area contributed by atoms with Crippen molar-refractivity contribution >= 4 is 15.2 Å². The summed E-state index contributed by atoms with van der Waals surface area (Å²) in [5.74, 6) is 0. The van der Waals surface area contributed by atoms with Gasteiger partial charge in [0.05, 0.1) is 19.6 Å². The van der Waals surface area contributed by atoms with Gasteiger partial charge >= 0.3 is 0 Å². The molecule has 0 rings (SSSR count). The molecule has 0 bridgehead atoms. The first-order chi connectivity index (χ1) is 7.10. The van der Waals surface area contributed by atoms with Crippen molar-refractivity contribution in [2.75, 3.05) is 25.8 Å². The van der Waals surface area contributed by atoms with Crippen LogP contribution >= 0.6 is 15.2 Å². The summed E-state index contributed by atoms with van der Waals surface area (Å²) in [6.07, 6.45) is -1.11. The summed E-state index contributed by atoms with van der Waals surface area (Å²) in [5.41, 5.74) is -1.62. The lowest BCUT2D eigenvalue weighted by Crippen LogP contribution is -3.12. The summed E-state index contributed by atoms with van der Waals surface area (Å²) in [6, 6.07) is 0. The number of quaternary nitrogens is 1. The van der Waals surface area contributed by atoms with Gasteiger partial charge in [-0.3, -0.25) is 0 Å². The van der Waals surface area contributed by atoms with Crippen LogP contribution in [0, 0.1) is 0 Å². The Hall–Kier alpha value is 0.260. The Bertz CT molecular complexity index is 293. The van der Waals surface area contributed by atoms with Crippen molar-refractivity contribution in [1.29, 1.82) is 0 Å². The second-order valence-corrected chi connectivity index (χ2v) is 7.05. The fourth-order valence-corrected chi connectivity index (χ4v) is 3.93. The third-order valence-electron chi connectivity index (χ3n) is 2.41. The zero-order chi connectivity index (χ0) is 13.0. The quantitative estimate of drug-likeness (QED) is 0.471. The van der Waals surface area contributed by atoms with Crippen molar-refractivity contribution in [2.24, 2.45) is 0 Å². The molecule has 0 aliphatic carbocycles. The van der Waals surface area contributed by atoms with Crippen molar-refractivity contribution in [3.63, 3.8) is 0 Å². The molecule has 0 aliphatic rings. The molecule has 0 saturated carbocycles. The highest BCUT2D eigenvalue weighted by Gasteiger charge is 2.19. The van der Waals surface area contributed by atoms with E-state index in [1.54, 1.807) is 13.8 Å². The highest BCUT2D eigenvalue weighted by atomic mass is 31.2. The average molecular weight is 272 g/mol. The van der Waals surface area contributed by atoms with E-state index in [0.29, 0.717) is 13.1 Å². The molecule has 0 aliphatic heterocycles. The van der Waals surface area contributed by atoms with Gasteiger partial charge < -0.3 is 33.6 Å². The SMILES string of the molecule is CC[NH+](CC)C[C@H](CP(=O)([O-])[O-])P(=O)([O-])[O-]. The molecule has 0 unspecified atom stereocenters. The minimum atomic E-state index is -5.05. The molecule has 1 N–H and O–H groups in total. The minimum Gasteiger partial charge on any atom is -0.811 e. The van der Waals surface area contributed by atoms with Crippen molar-refractivity contribution in [3.05, 3.63) is 0 Å². The fraction of sp³-hybridized carbons (Fsp3) is 1.00. The van der Waals surface area contributed by atoms with Crippen LogP contribution in [0.5, 0.6) is 0 Å². The summed E-state index contributed by atoms with van der Waals surface area (Å²) in [7, 11) is -10.0. The molecule has 16 heavy (non-hydrogen) atoms. The monoisotopic (exact) mass is 272 g/mol. The molecule has 98 valence electrons. The Labute approximate surface area is 94.8 Å². The Morgan fingerprint density at radius 2 is 1.50 bits per heavy atom. The van der Waals surface area contributed by atoms with Gasteiger partial charge in [0.2, 0.25) is 0 Å². The van der Waals surface area contributed by atoms with Crippen molar-refractivity contribution in [1.82, 2.24) is 0 Å². The third kappa shape index (κ3) is 6.76. The predicted molar refractivity (Wildman–Crippen MR) is 50.8 cm³/mol. The summed E-state index contributed by atoms with van der Waals surface area (Å²) in [4.78, 5) is 43.5. The average Bonchev–Trinajstić information content (AvgIpc) is 2.08. The van der Waals surface area contributed by atoms with Gasteiger partial charge in [0, 0.05) is 5.66 Å². The Kier molecular flexibility index (Phi) is 6.36. The van der Waals surface area contributed by atoms with Crippen LogP contribution in [-0.2, 0) is 9.13 Å². The standard InChI is InChI=1S/C7H19NO6P2/c1-3-8(4-2)5-7(16(12,13)14)6-15(9,10)11/h7H,3-6H2,1-2H3,(H2,9,10,11)(H2,12,13,14)/p-3/t7-/m1/s1. The first kappa shape index (κ1) is 16.3. The molecule has 0 amide bonds. The molecule has 0 aromatic rings. The molecule has 7 nitrogen and oxygen atoms in total. The lowest BCUT2D eigenvalue weighted by molar-refractivity contribution is -0.896. The largest absolute Gasteiger partial charge is 0.811 e. The molecule has 0 aromatic heterocycles. The van der Waals surface area contributed by atoms with Crippen LogP contribution in [0.4, 0.5) is 0 Å². The number of rotatable bonds is 7. The van der Waals surface area contributed by atoms with Crippen LogP contribution in [-0.4, -0.2) is 31.5 Å². The molecule has 0 aromatic carbocycles. The molecule has 9 heteroatoms. The second-order valence-electron chi connectivity index (χ2n) is 3.65. The van der Waals surface area contributed by atoms with Gasteiger partial charge in [-0.1, -0.05) is 15.2 Å². The Morgan fingerprint density at radius 1 is 1.06 bits per heavy atom. The van der Waals surface area contributed by atoms with Gasteiger partial charge in [-0.25, -0.2) is 0 Å². The van der Waals surface area contributed by atoms with Gasteiger partial charge in [0.15, 0.2) is 0 Å². The topological polar surface area (TPSA) is 131 Å². The highest BCUT2D eigenvalue weighted by Crippen LogP contribution is 2.38. The highest BCUT2D eigenvalue weighted by molar-refractivity contribution is 7.53. The summed E-state index contributed by atoms with van der Waals surface area (Å²) in [6.45, 7) is 4.56. The maximum absolute atomic E-state index is 10.8. The summed E-state index contributed by atoms with van der Waals surface area (Å²) >= 11 is 0. The fourth-order valence-electron chi connectivity index (χ4n) is 1.41. The lowest BCUT2D eigenvalue weighted by atomic mass is 10.4. The maximum Gasteiger partial charge on any atom is 0.0849 e. The molecule has 0 heterocycles. The zero-order valence-electron chi connectivity index (χ0n) is 9.25. The lowest BCUT2D eigenvalue weighted by Gasteiger charge is -2.43. The summed E-state index contributed by atoms with van der Waals surface area (Å²) < 4.78 is 21.3. The van der Waals surface area contributed by atoms with Crippen molar-refractivity contribution in [3.8, 4) is 0 Å². The van der Waals surface area contributed by atoms with E-state index in [1.807, 2.05) is 0 Å². The van der Waals surface area contributed by atoms with Gasteiger partial charge in [0.25, 0.3) is 0 Å². The van der Waals surface area contributed by atoms with E-state index in [-0.39, 0.29) is 6.54 Å². The van der Waals surface area contributed by atoms with E-state index in [9.17, 15) is 28.7 Å². The minimum absolute atomic E-state index is 0.133. The van der Waals surface area contributed by atoms with Gasteiger partial charge in [-0.2, -0.15) is 0 Å². The smallest absolute Gasteiger partial charge is 0.0849 e. The first-order valence-electron chi connectivity index (χ1n) is 4.96. The van der Waals surface area contributed by atoms with E-state index < -0.39 is 27.0 Å². The van der Waals surface area contributed by atoms with Gasteiger partial charge in [-0.15, -0.1) is 0 Å².